The molecule has 5 nitrogen and oxygen atoms in total. The van der Waals surface area contributed by atoms with Crippen molar-refractivity contribution in [3.05, 3.63) is 12.4 Å². The molecule has 0 saturated carbocycles. The Kier molecular flexibility index (Phi) is 2.83. The molecule has 1 aromatic heterocycles. The Morgan fingerprint density at radius 2 is 2.07 bits per heavy atom. The first-order valence-electron chi connectivity index (χ1n) is 4.74. The van der Waals surface area contributed by atoms with Crippen LogP contribution in [0.25, 0.3) is 0 Å². The second-order valence-corrected chi connectivity index (χ2v) is 3.52. The maximum Gasteiger partial charge on any atom is 0.491 e. The summed E-state index contributed by atoms with van der Waals surface area (Å²) in [6.45, 7) is 0.906. The van der Waals surface area contributed by atoms with E-state index < -0.39 is 13.3 Å². The first-order chi connectivity index (χ1) is 7.16. The van der Waals surface area contributed by atoms with Gasteiger partial charge in [-0.05, 0) is 6.42 Å². The summed E-state index contributed by atoms with van der Waals surface area (Å²) in [5.74, 6) is 0.430. The predicted octanol–water partition coefficient (Wildman–Crippen LogP) is -1.30. The Labute approximate surface area is 86.7 Å². The largest absolute Gasteiger partial charge is 0.491 e. The smallest absolute Gasteiger partial charge is 0.423 e. The van der Waals surface area contributed by atoms with Gasteiger partial charge >= 0.3 is 7.12 Å². The topological polar surface area (TPSA) is 69.5 Å². The number of anilines is 1. The van der Waals surface area contributed by atoms with E-state index in [2.05, 4.69) is 9.97 Å². The monoisotopic (exact) mass is 211 g/mol. The Balaban J connectivity index is 2.10. The van der Waals surface area contributed by atoms with Gasteiger partial charge in [-0.1, -0.05) is 0 Å². The van der Waals surface area contributed by atoms with E-state index in [4.69, 9.17) is 10.0 Å². The van der Waals surface area contributed by atoms with Crippen LogP contribution in [0.5, 0.6) is 0 Å². The van der Waals surface area contributed by atoms with E-state index in [9.17, 15) is 4.39 Å². The number of rotatable bonds is 2. The van der Waals surface area contributed by atoms with Gasteiger partial charge in [0.25, 0.3) is 0 Å². The van der Waals surface area contributed by atoms with Gasteiger partial charge in [-0.15, -0.1) is 0 Å². The van der Waals surface area contributed by atoms with Crippen LogP contribution in [0.2, 0.25) is 0 Å². The Morgan fingerprint density at radius 3 is 2.53 bits per heavy atom. The molecule has 0 amide bonds. The van der Waals surface area contributed by atoms with Crippen molar-refractivity contribution in [3.8, 4) is 0 Å². The highest BCUT2D eigenvalue weighted by molar-refractivity contribution is 6.58. The van der Waals surface area contributed by atoms with E-state index in [0.717, 1.165) is 0 Å². The van der Waals surface area contributed by atoms with Gasteiger partial charge < -0.3 is 14.9 Å². The van der Waals surface area contributed by atoms with Gasteiger partial charge in [0.15, 0.2) is 0 Å². The number of hydrogen-bond donors (Lipinski definition) is 2. The van der Waals surface area contributed by atoms with Crippen LogP contribution in [0.1, 0.15) is 6.42 Å². The molecule has 1 aliphatic rings. The minimum atomic E-state index is -1.56. The molecule has 1 atom stereocenters. The van der Waals surface area contributed by atoms with E-state index >= 15 is 0 Å². The quantitative estimate of drug-likeness (QED) is 0.595. The van der Waals surface area contributed by atoms with Gasteiger partial charge in [-0.3, -0.25) is 0 Å². The molecule has 0 aliphatic carbocycles. The summed E-state index contributed by atoms with van der Waals surface area (Å²) in [7, 11) is -1.56. The van der Waals surface area contributed by atoms with E-state index in [1.54, 1.807) is 4.90 Å². The Bertz CT molecular complexity index is 335. The van der Waals surface area contributed by atoms with Gasteiger partial charge in [0.05, 0.1) is 6.54 Å². The highest BCUT2D eigenvalue weighted by Crippen LogP contribution is 2.16. The lowest BCUT2D eigenvalue weighted by molar-refractivity contribution is 0.364. The number of aromatic nitrogens is 2. The molecule has 1 aromatic rings. The normalized spacial score (nSPS) is 20.7. The van der Waals surface area contributed by atoms with Crippen LogP contribution >= 0.6 is 0 Å². The van der Waals surface area contributed by atoms with Crippen molar-refractivity contribution < 1.29 is 14.4 Å². The van der Waals surface area contributed by atoms with Gasteiger partial charge in [0.1, 0.15) is 6.17 Å². The molecule has 0 aromatic carbocycles. The van der Waals surface area contributed by atoms with E-state index in [-0.39, 0.29) is 5.46 Å². The second kappa shape index (κ2) is 4.12. The van der Waals surface area contributed by atoms with Crippen LogP contribution in [0.3, 0.4) is 0 Å². The summed E-state index contributed by atoms with van der Waals surface area (Å²) in [6.07, 6.45) is 2.34. The van der Waals surface area contributed by atoms with Crippen molar-refractivity contribution in [3.63, 3.8) is 0 Å². The summed E-state index contributed by atoms with van der Waals surface area (Å²) in [5.41, 5.74) is 0.231. The van der Waals surface area contributed by atoms with E-state index in [0.29, 0.717) is 25.5 Å². The van der Waals surface area contributed by atoms with Gasteiger partial charge in [-0.2, -0.15) is 0 Å². The van der Waals surface area contributed by atoms with Crippen LogP contribution in [0.15, 0.2) is 12.4 Å². The highest BCUT2D eigenvalue weighted by Gasteiger charge is 2.24. The number of hydrogen-bond acceptors (Lipinski definition) is 5. The Hall–Kier alpha value is -1.21. The van der Waals surface area contributed by atoms with Crippen LogP contribution in [-0.2, 0) is 0 Å². The zero-order valence-corrected chi connectivity index (χ0v) is 8.04. The van der Waals surface area contributed by atoms with E-state index in [1.165, 1.54) is 12.4 Å². The van der Waals surface area contributed by atoms with Crippen LogP contribution in [0.4, 0.5) is 10.3 Å². The van der Waals surface area contributed by atoms with Crippen molar-refractivity contribution in [2.75, 3.05) is 18.0 Å². The van der Waals surface area contributed by atoms with Gasteiger partial charge in [0.2, 0.25) is 5.95 Å². The van der Waals surface area contributed by atoms with Crippen molar-refractivity contribution in [2.24, 2.45) is 0 Å². The average Bonchev–Trinajstić information content (AvgIpc) is 2.65. The molecule has 0 spiro atoms. The highest BCUT2D eigenvalue weighted by atomic mass is 19.1. The lowest BCUT2D eigenvalue weighted by Crippen LogP contribution is -2.32. The Morgan fingerprint density at radius 1 is 1.40 bits per heavy atom. The van der Waals surface area contributed by atoms with Crippen LogP contribution in [0, 0.1) is 0 Å². The summed E-state index contributed by atoms with van der Waals surface area (Å²) >= 11 is 0. The van der Waals surface area contributed by atoms with Gasteiger partial charge in [0, 0.05) is 24.4 Å². The third kappa shape index (κ3) is 2.24. The maximum atomic E-state index is 12.9. The fraction of sp³-hybridized carbons (Fsp3) is 0.500. The van der Waals surface area contributed by atoms with Crippen LogP contribution in [-0.4, -0.2) is 46.4 Å². The molecule has 0 radical (unpaired) electrons. The number of alkyl halides is 1. The molecule has 0 bridgehead atoms. The van der Waals surface area contributed by atoms with E-state index in [1.807, 2.05) is 0 Å². The van der Waals surface area contributed by atoms with Gasteiger partial charge in [-0.25, -0.2) is 14.4 Å². The molecule has 2 N–H and O–H groups in total. The standard InChI is InChI=1S/C8H11BFN3O2/c10-7-1-2-13(5-7)8-11-3-6(4-12-8)9(14)15/h3-4,7,14-15H,1-2,5H2/t7-/m1/s1. The molecule has 1 saturated heterocycles. The van der Waals surface area contributed by atoms with Crippen molar-refractivity contribution >= 4 is 18.5 Å². The zero-order valence-electron chi connectivity index (χ0n) is 8.04. The van der Waals surface area contributed by atoms with Crippen LogP contribution < -0.4 is 10.4 Å². The fourth-order valence-corrected chi connectivity index (χ4v) is 1.53. The first-order valence-corrected chi connectivity index (χ1v) is 4.74. The molecule has 80 valence electrons. The molecule has 1 fully saturated rings. The summed E-state index contributed by atoms with van der Waals surface area (Å²) in [4.78, 5) is 9.62. The lowest BCUT2D eigenvalue weighted by Gasteiger charge is -2.14. The predicted molar refractivity (Wildman–Crippen MR) is 53.6 cm³/mol. The lowest BCUT2D eigenvalue weighted by atomic mass is 9.83. The third-order valence-corrected chi connectivity index (χ3v) is 2.37. The maximum absolute atomic E-state index is 12.9. The summed E-state index contributed by atoms with van der Waals surface area (Å²) in [6, 6.07) is 0. The second-order valence-electron chi connectivity index (χ2n) is 3.52. The van der Waals surface area contributed by atoms with Crippen molar-refractivity contribution in [1.82, 2.24) is 9.97 Å². The molecule has 0 unspecified atom stereocenters. The third-order valence-electron chi connectivity index (χ3n) is 2.37. The van der Waals surface area contributed by atoms with Crippen molar-refractivity contribution in [2.45, 2.75) is 12.6 Å². The average molecular weight is 211 g/mol. The molecule has 2 rings (SSSR count). The minimum Gasteiger partial charge on any atom is -0.423 e. The molecular formula is C8H11BFN3O2. The summed E-state index contributed by atoms with van der Waals surface area (Å²) < 4.78 is 12.9. The fourth-order valence-electron chi connectivity index (χ4n) is 1.53. The summed E-state index contributed by atoms with van der Waals surface area (Å²) in [5, 5.41) is 17.6. The zero-order chi connectivity index (χ0) is 10.8. The number of halogens is 1. The molecule has 7 heteroatoms. The molecule has 2 heterocycles. The van der Waals surface area contributed by atoms with Crippen molar-refractivity contribution in [1.29, 1.82) is 0 Å². The SMILES string of the molecule is OB(O)c1cnc(N2CC[C@@H](F)C2)nc1. The number of nitrogens with zero attached hydrogens (tertiary/aromatic N) is 3. The minimum absolute atomic E-state index is 0.231. The molecule has 15 heavy (non-hydrogen) atoms. The molecule has 1 aliphatic heterocycles. The molecular weight excluding hydrogens is 200 g/mol. The first kappa shape index (κ1) is 10.3.